The molecule has 0 aliphatic rings. The lowest BCUT2D eigenvalue weighted by molar-refractivity contribution is -0.148. The van der Waals surface area contributed by atoms with E-state index in [4.69, 9.17) is 15.2 Å². The molecule has 0 heterocycles. The minimum Gasteiger partial charge on any atom is -0.351 e. The average molecular weight is 320 g/mol. The second-order valence-corrected chi connectivity index (χ2v) is 4.74. The van der Waals surface area contributed by atoms with Crippen molar-refractivity contribution in [3.63, 3.8) is 0 Å². The van der Waals surface area contributed by atoms with Crippen LogP contribution in [0.2, 0.25) is 0 Å². The Balaban J connectivity index is 2.71. The van der Waals surface area contributed by atoms with Gasteiger partial charge in [0.25, 0.3) is 0 Å². The molecular weight excluding hydrogens is 301 g/mol. The highest BCUT2D eigenvalue weighted by Gasteiger charge is 2.19. The Bertz CT molecular complexity index is 370. The zero-order chi connectivity index (χ0) is 13.5. The van der Waals surface area contributed by atoms with Gasteiger partial charge in [-0.25, -0.2) is 4.39 Å². The van der Waals surface area contributed by atoms with Crippen LogP contribution < -0.4 is 5.73 Å². The summed E-state index contributed by atoms with van der Waals surface area (Å²) in [6.07, 6.45) is 0.0263. The average Bonchev–Trinajstić information content (AvgIpc) is 2.33. The quantitative estimate of drug-likeness (QED) is 0.786. The molecule has 5 heteroatoms. The van der Waals surface area contributed by atoms with Crippen LogP contribution in [0.4, 0.5) is 4.39 Å². The smallest absolute Gasteiger partial charge is 0.172 e. The molecule has 0 fully saturated rings. The maximum absolute atomic E-state index is 13.2. The maximum Gasteiger partial charge on any atom is 0.172 e. The third-order valence-corrected chi connectivity index (χ3v) is 3.25. The number of ether oxygens (including phenoxy) is 2. The lowest BCUT2D eigenvalue weighted by atomic mass is 10.1. The summed E-state index contributed by atoms with van der Waals surface area (Å²) in [6.45, 7) is 4.83. The van der Waals surface area contributed by atoms with Crippen molar-refractivity contribution < 1.29 is 13.9 Å². The molecular formula is C13H19BrFNO2. The molecule has 0 spiro atoms. The first-order chi connectivity index (χ1) is 8.58. The fourth-order valence-electron chi connectivity index (χ4n) is 1.67. The first-order valence-corrected chi connectivity index (χ1v) is 6.80. The van der Waals surface area contributed by atoms with Crippen LogP contribution in [0.3, 0.4) is 0 Å². The van der Waals surface area contributed by atoms with Crippen molar-refractivity contribution in [2.24, 2.45) is 5.73 Å². The van der Waals surface area contributed by atoms with Gasteiger partial charge in [0, 0.05) is 17.7 Å². The van der Waals surface area contributed by atoms with E-state index >= 15 is 0 Å². The number of nitrogens with two attached hydrogens (primary N) is 1. The predicted molar refractivity (Wildman–Crippen MR) is 72.8 cm³/mol. The van der Waals surface area contributed by atoms with Crippen molar-refractivity contribution in [2.75, 3.05) is 13.2 Å². The number of hydrogen-bond acceptors (Lipinski definition) is 3. The molecule has 0 aromatic heterocycles. The first kappa shape index (κ1) is 15.6. The van der Waals surface area contributed by atoms with Crippen LogP contribution in [-0.2, 0) is 15.9 Å². The van der Waals surface area contributed by atoms with Gasteiger partial charge in [-0.05, 0) is 44.0 Å². The number of benzene rings is 1. The standard InChI is InChI=1S/C13H19BrFNO2/c1-3-17-13(18-4-2)12(16)8-9-7-10(15)5-6-11(9)14/h5-7,12-13H,3-4,8,16H2,1-2H3. The fraction of sp³-hybridized carbons (Fsp3) is 0.538. The van der Waals surface area contributed by atoms with Gasteiger partial charge < -0.3 is 15.2 Å². The predicted octanol–water partition coefficient (Wildman–Crippen LogP) is 2.86. The van der Waals surface area contributed by atoms with E-state index in [9.17, 15) is 4.39 Å². The van der Waals surface area contributed by atoms with E-state index in [1.165, 1.54) is 12.1 Å². The topological polar surface area (TPSA) is 44.5 Å². The summed E-state index contributed by atoms with van der Waals surface area (Å²) in [7, 11) is 0. The zero-order valence-electron chi connectivity index (χ0n) is 10.7. The number of rotatable bonds is 7. The third kappa shape index (κ3) is 4.65. The summed E-state index contributed by atoms with van der Waals surface area (Å²) < 4.78 is 24.9. The Hall–Kier alpha value is -0.490. The molecule has 0 saturated carbocycles. The van der Waals surface area contributed by atoms with Crippen LogP contribution in [0.1, 0.15) is 19.4 Å². The first-order valence-electron chi connectivity index (χ1n) is 6.01. The molecule has 0 bridgehead atoms. The Morgan fingerprint density at radius 3 is 2.44 bits per heavy atom. The van der Waals surface area contributed by atoms with E-state index in [1.54, 1.807) is 6.07 Å². The second-order valence-electron chi connectivity index (χ2n) is 3.88. The van der Waals surface area contributed by atoms with Gasteiger partial charge in [-0.2, -0.15) is 0 Å². The van der Waals surface area contributed by atoms with E-state index in [1.807, 2.05) is 13.8 Å². The highest BCUT2D eigenvalue weighted by Crippen LogP contribution is 2.20. The van der Waals surface area contributed by atoms with Crippen molar-refractivity contribution >= 4 is 15.9 Å². The largest absolute Gasteiger partial charge is 0.351 e. The summed E-state index contributed by atoms with van der Waals surface area (Å²) >= 11 is 3.38. The Morgan fingerprint density at radius 1 is 1.28 bits per heavy atom. The van der Waals surface area contributed by atoms with Crippen LogP contribution >= 0.6 is 15.9 Å². The van der Waals surface area contributed by atoms with E-state index in [2.05, 4.69) is 15.9 Å². The molecule has 0 saturated heterocycles. The second kappa shape index (κ2) is 7.84. The molecule has 1 unspecified atom stereocenters. The molecule has 3 nitrogen and oxygen atoms in total. The van der Waals surface area contributed by atoms with Crippen molar-refractivity contribution in [1.82, 2.24) is 0 Å². The molecule has 1 aromatic carbocycles. The normalized spacial score (nSPS) is 13.0. The van der Waals surface area contributed by atoms with E-state index in [0.717, 1.165) is 10.0 Å². The van der Waals surface area contributed by atoms with Gasteiger partial charge in [0.2, 0.25) is 0 Å². The van der Waals surface area contributed by atoms with Crippen LogP contribution in [0, 0.1) is 5.82 Å². The molecule has 0 radical (unpaired) electrons. The van der Waals surface area contributed by atoms with Crippen molar-refractivity contribution in [3.05, 3.63) is 34.1 Å². The van der Waals surface area contributed by atoms with Crippen LogP contribution in [0.15, 0.2) is 22.7 Å². The lowest BCUT2D eigenvalue weighted by Gasteiger charge is -2.23. The number of hydrogen-bond donors (Lipinski definition) is 1. The van der Waals surface area contributed by atoms with Crippen molar-refractivity contribution in [3.8, 4) is 0 Å². The van der Waals surface area contributed by atoms with Gasteiger partial charge in [-0.1, -0.05) is 15.9 Å². The summed E-state index contributed by atoms with van der Waals surface area (Å²) in [5.41, 5.74) is 6.86. The highest BCUT2D eigenvalue weighted by atomic mass is 79.9. The molecule has 0 aliphatic heterocycles. The highest BCUT2D eigenvalue weighted by molar-refractivity contribution is 9.10. The van der Waals surface area contributed by atoms with E-state index in [-0.39, 0.29) is 11.9 Å². The van der Waals surface area contributed by atoms with Gasteiger partial charge in [-0.3, -0.25) is 0 Å². The zero-order valence-corrected chi connectivity index (χ0v) is 12.2. The molecule has 1 atom stereocenters. The Kier molecular flexibility index (Phi) is 6.78. The molecule has 0 aliphatic carbocycles. The Morgan fingerprint density at radius 2 is 1.89 bits per heavy atom. The molecule has 1 aromatic rings. The summed E-state index contributed by atoms with van der Waals surface area (Å²) in [6, 6.07) is 4.22. The monoisotopic (exact) mass is 319 g/mol. The van der Waals surface area contributed by atoms with Crippen molar-refractivity contribution in [1.29, 1.82) is 0 Å². The fourth-order valence-corrected chi connectivity index (χ4v) is 2.08. The molecule has 2 N–H and O–H groups in total. The SMILES string of the molecule is CCOC(OCC)C(N)Cc1cc(F)ccc1Br. The van der Waals surface area contributed by atoms with Gasteiger partial charge >= 0.3 is 0 Å². The minimum absolute atomic E-state index is 0.273. The van der Waals surface area contributed by atoms with Gasteiger partial charge in [0.1, 0.15) is 5.82 Å². The molecule has 18 heavy (non-hydrogen) atoms. The summed E-state index contributed by atoms with van der Waals surface area (Å²) in [5, 5.41) is 0. The minimum atomic E-state index is -0.463. The molecule has 102 valence electrons. The van der Waals surface area contributed by atoms with Crippen LogP contribution in [0.25, 0.3) is 0 Å². The molecule has 0 amide bonds. The van der Waals surface area contributed by atoms with E-state index < -0.39 is 6.29 Å². The van der Waals surface area contributed by atoms with Gasteiger partial charge in [0.05, 0.1) is 6.04 Å². The van der Waals surface area contributed by atoms with E-state index in [0.29, 0.717) is 19.6 Å². The van der Waals surface area contributed by atoms with Gasteiger partial charge in [0.15, 0.2) is 6.29 Å². The maximum atomic E-state index is 13.2. The van der Waals surface area contributed by atoms with Crippen LogP contribution in [0.5, 0.6) is 0 Å². The third-order valence-electron chi connectivity index (χ3n) is 2.47. The summed E-state index contributed by atoms with van der Waals surface area (Å²) in [5.74, 6) is -0.273. The summed E-state index contributed by atoms with van der Waals surface area (Å²) in [4.78, 5) is 0. The molecule has 1 rings (SSSR count). The van der Waals surface area contributed by atoms with Gasteiger partial charge in [-0.15, -0.1) is 0 Å². The lowest BCUT2D eigenvalue weighted by Crippen LogP contribution is -2.40. The Labute approximate surface area is 116 Å². The van der Waals surface area contributed by atoms with Crippen LogP contribution in [-0.4, -0.2) is 25.5 Å². The van der Waals surface area contributed by atoms with Crippen molar-refractivity contribution in [2.45, 2.75) is 32.6 Å². The number of halogens is 2.